The topological polar surface area (TPSA) is 55.8 Å². The molecule has 0 aromatic heterocycles. The number of hydrogen-bond donors (Lipinski definition) is 0. The van der Waals surface area contributed by atoms with E-state index in [-0.39, 0.29) is 6.54 Å². The van der Waals surface area contributed by atoms with Gasteiger partial charge in [0, 0.05) is 19.1 Å². The number of hydroxylamine groups is 2. The van der Waals surface area contributed by atoms with Gasteiger partial charge in [-0.3, -0.25) is 9.59 Å². The van der Waals surface area contributed by atoms with E-state index in [9.17, 15) is 9.59 Å². The molecule has 0 radical (unpaired) electrons. The lowest BCUT2D eigenvalue weighted by atomic mass is 10.6. The molecule has 0 rings (SSSR count). The molecule has 0 aromatic rings. The fourth-order valence-corrected chi connectivity index (χ4v) is 0.485. The van der Waals surface area contributed by atoms with E-state index in [0.717, 1.165) is 5.23 Å². The highest BCUT2D eigenvalue weighted by atomic mass is 17.0. The van der Waals surface area contributed by atoms with Crippen LogP contribution in [0.3, 0.4) is 0 Å². The molecule has 12 heavy (non-hydrogen) atoms. The Balaban J connectivity index is 3.93. The van der Waals surface area contributed by atoms with Crippen molar-refractivity contribution in [3.8, 4) is 0 Å². The van der Waals surface area contributed by atoms with Gasteiger partial charge in [-0.05, 0) is 0 Å². The summed E-state index contributed by atoms with van der Waals surface area (Å²) in [5.41, 5.74) is 0. The maximum atomic E-state index is 10.4. The Morgan fingerprint density at radius 1 is 1.33 bits per heavy atom. The van der Waals surface area contributed by atoms with Gasteiger partial charge >= 0.3 is 11.9 Å². The molecule has 0 unspecified atom stereocenters. The Kier molecular flexibility index (Phi) is 4.71. The van der Waals surface area contributed by atoms with Crippen LogP contribution < -0.4 is 0 Å². The van der Waals surface area contributed by atoms with Gasteiger partial charge in [-0.1, -0.05) is 6.08 Å². The second-order valence-corrected chi connectivity index (χ2v) is 1.97. The van der Waals surface area contributed by atoms with Gasteiger partial charge in [0.05, 0.1) is 6.54 Å². The first-order chi connectivity index (χ1) is 5.56. The summed E-state index contributed by atoms with van der Waals surface area (Å²) in [6.45, 7) is 5.94. The van der Waals surface area contributed by atoms with Crippen LogP contribution in [0, 0.1) is 0 Å². The van der Waals surface area contributed by atoms with Crippen molar-refractivity contribution in [3.63, 3.8) is 0 Å². The molecule has 0 aromatic carbocycles. The SMILES string of the molecule is C=CCN(OC(C)=O)OC(C)=O. The molecule has 68 valence electrons. The quantitative estimate of drug-likeness (QED) is 0.455. The molecular weight excluding hydrogens is 162 g/mol. The molecule has 5 heteroatoms. The van der Waals surface area contributed by atoms with E-state index in [1.807, 2.05) is 0 Å². The van der Waals surface area contributed by atoms with Gasteiger partial charge in [0.25, 0.3) is 0 Å². The van der Waals surface area contributed by atoms with Crippen LogP contribution in [-0.4, -0.2) is 23.7 Å². The molecule has 0 heterocycles. The Morgan fingerprint density at radius 3 is 2.00 bits per heavy atom. The van der Waals surface area contributed by atoms with Crippen molar-refractivity contribution in [2.45, 2.75) is 13.8 Å². The molecule has 0 saturated heterocycles. The van der Waals surface area contributed by atoms with Crippen molar-refractivity contribution in [3.05, 3.63) is 12.7 Å². The Morgan fingerprint density at radius 2 is 1.75 bits per heavy atom. The second-order valence-electron chi connectivity index (χ2n) is 1.97. The molecule has 0 N–H and O–H groups in total. The first-order valence-electron chi connectivity index (χ1n) is 3.31. The maximum absolute atomic E-state index is 10.4. The molecular formula is C7H11NO4. The fourth-order valence-electron chi connectivity index (χ4n) is 0.485. The Hall–Kier alpha value is -1.36. The summed E-state index contributed by atoms with van der Waals surface area (Å²) in [7, 11) is 0. The molecule has 0 aliphatic rings. The van der Waals surface area contributed by atoms with Crippen molar-refractivity contribution in [2.24, 2.45) is 0 Å². The van der Waals surface area contributed by atoms with Gasteiger partial charge < -0.3 is 9.68 Å². The van der Waals surface area contributed by atoms with E-state index in [1.54, 1.807) is 0 Å². The number of nitrogens with zero attached hydrogens (tertiary/aromatic N) is 1. The zero-order valence-corrected chi connectivity index (χ0v) is 7.07. The molecule has 0 amide bonds. The third-order valence-electron chi connectivity index (χ3n) is 0.739. The van der Waals surface area contributed by atoms with E-state index in [4.69, 9.17) is 0 Å². The molecule has 5 nitrogen and oxygen atoms in total. The largest absolute Gasteiger partial charge is 0.333 e. The van der Waals surface area contributed by atoms with Crippen LogP contribution in [0.1, 0.15) is 13.8 Å². The highest BCUT2D eigenvalue weighted by molar-refractivity contribution is 5.67. The average molecular weight is 173 g/mol. The zero-order valence-electron chi connectivity index (χ0n) is 7.07. The lowest BCUT2D eigenvalue weighted by Crippen LogP contribution is -2.28. The van der Waals surface area contributed by atoms with Gasteiger partial charge in [0.2, 0.25) is 0 Å². The van der Waals surface area contributed by atoms with Crippen LogP contribution in [0.15, 0.2) is 12.7 Å². The maximum Gasteiger partial charge on any atom is 0.326 e. The number of rotatable bonds is 4. The predicted molar refractivity (Wildman–Crippen MR) is 40.4 cm³/mol. The predicted octanol–water partition coefficient (Wildman–Crippen LogP) is 0.431. The van der Waals surface area contributed by atoms with Crippen LogP contribution in [0.25, 0.3) is 0 Å². The normalized spacial score (nSPS) is 9.25. The van der Waals surface area contributed by atoms with E-state index in [2.05, 4.69) is 16.3 Å². The summed E-state index contributed by atoms with van der Waals surface area (Å²) in [4.78, 5) is 29.8. The summed E-state index contributed by atoms with van der Waals surface area (Å²) in [5, 5.41) is 0.762. The van der Waals surface area contributed by atoms with Crippen molar-refractivity contribution in [1.29, 1.82) is 0 Å². The molecule has 0 fully saturated rings. The molecule has 0 atom stereocenters. The molecule has 0 saturated carbocycles. The van der Waals surface area contributed by atoms with E-state index in [0.29, 0.717) is 0 Å². The Labute approximate surface area is 70.5 Å². The van der Waals surface area contributed by atoms with Gasteiger partial charge in [-0.2, -0.15) is 0 Å². The first kappa shape index (κ1) is 10.6. The van der Waals surface area contributed by atoms with E-state index < -0.39 is 11.9 Å². The summed E-state index contributed by atoms with van der Waals surface area (Å²) < 4.78 is 0. The van der Waals surface area contributed by atoms with Crippen LogP contribution in [0.4, 0.5) is 0 Å². The van der Waals surface area contributed by atoms with Gasteiger partial charge in [-0.25, -0.2) is 0 Å². The lowest BCUT2D eigenvalue weighted by Gasteiger charge is -2.15. The van der Waals surface area contributed by atoms with Gasteiger partial charge in [0.15, 0.2) is 0 Å². The monoisotopic (exact) mass is 173 g/mol. The van der Waals surface area contributed by atoms with Crippen molar-refractivity contribution in [1.82, 2.24) is 5.23 Å². The minimum atomic E-state index is -0.557. The summed E-state index contributed by atoms with van der Waals surface area (Å²) in [6, 6.07) is 0. The number of hydrogen-bond acceptors (Lipinski definition) is 5. The van der Waals surface area contributed by atoms with Crippen molar-refractivity contribution >= 4 is 11.9 Å². The van der Waals surface area contributed by atoms with E-state index in [1.165, 1.54) is 19.9 Å². The highest BCUT2D eigenvalue weighted by Gasteiger charge is 2.09. The zero-order chi connectivity index (χ0) is 9.56. The van der Waals surface area contributed by atoms with Crippen LogP contribution in [0.5, 0.6) is 0 Å². The summed E-state index contributed by atoms with van der Waals surface area (Å²) >= 11 is 0. The highest BCUT2D eigenvalue weighted by Crippen LogP contribution is 1.93. The van der Waals surface area contributed by atoms with Crippen molar-refractivity contribution < 1.29 is 19.3 Å². The summed E-state index contributed by atoms with van der Waals surface area (Å²) in [6.07, 6.45) is 1.44. The van der Waals surface area contributed by atoms with Crippen LogP contribution in [-0.2, 0) is 19.3 Å². The Bertz CT molecular complexity index is 174. The molecule has 0 aliphatic heterocycles. The lowest BCUT2D eigenvalue weighted by molar-refractivity contribution is -0.317. The second kappa shape index (κ2) is 5.31. The minimum absolute atomic E-state index is 0.138. The molecule has 0 spiro atoms. The number of carbonyl (C=O) groups excluding carboxylic acids is 2. The fraction of sp³-hybridized carbons (Fsp3) is 0.429. The van der Waals surface area contributed by atoms with Crippen LogP contribution >= 0.6 is 0 Å². The van der Waals surface area contributed by atoms with Gasteiger partial charge in [0.1, 0.15) is 0 Å². The standard InChI is InChI=1S/C7H11NO4/c1-4-5-8(11-6(2)9)12-7(3)10/h4H,1,5H2,2-3H3. The minimum Gasteiger partial charge on any atom is -0.333 e. The average Bonchev–Trinajstić information content (AvgIpc) is 1.84. The molecule has 0 aliphatic carbocycles. The van der Waals surface area contributed by atoms with Gasteiger partial charge in [-0.15, -0.1) is 6.58 Å². The van der Waals surface area contributed by atoms with Crippen molar-refractivity contribution in [2.75, 3.05) is 6.54 Å². The first-order valence-corrected chi connectivity index (χ1v) is 3.31. The molecule has 0 bridgehead atoms. The third kappa shape index (κ3) is 5.43. The van der Waals surface area contributed by atoms with Crippen LogP contribution in [0.2, 0.25) is 0 Å². The number of carbonyl (C=O) groups is 2. The smallest absolute Gasteiger partial charge is 0.326 e. The summed E-state index contributed by atoms with van der Waals surface area (Å²) in [5.74, 6) is -1.11. The third-order valence-corrected chi connectivity index (χ3v) is 0.739. The van der Waals surface area contributed by atoms with E-state index >= 15 is 0 Å².